The number of halogens is 1. The second kappa shape index (κ2) is 4.84. The molecule has 1 N–H and O–H groups in total. The molecular formula is C13H16FNO2. The molecule has 1 heterocycles. The molecule has 1 aromatic carbocycles. The highest BCUT2D eigenvalue weighted by Crippen LogP contribution is 2.25. The van der Waals surface area contributed by atoms with E-state index < -0.39 is 0 Å². The van der Waals surface area contributed by atoms with Gasteiger partial charge in [0.05, 0.1) is 0 Å². The van der Waals surface area contributed by atoms with Gasteiger partial charge in [-0.15, -0.1) is 0 Å². The van der Waals surface area contributed by atoms with E-state index in [9.17, 15) is 9.18 Å². The maximum Gasteiger partial charge on any atom is 0.220 e. The molecule has 0 radical (unpaired) electrons. The van der Waals surface area contributed by atoms with Gasteiger partial charge in [0.2, 0.25) is 5.91 Å². The summed E-state index contributed by atoms with van der Waals surface area (Å²) < 4.78 is 13.1. The van der Waals surface area contributed by atoms with Gasteiger partial charge in [0.25, 0.3) is 0 Å². The maximum atomic E-state index is 13.1. The van der Waals surface area contributed by atoms with Crippen LogP contribution in [0.1, 0.15) is 24.5 Å². The first-order valence-corrected chi connectivity index (χ1v) is 5.77. The van der Waals surface area contributed by atoms with E-state index in [0.29, 0.717) is 19.4 Å². The fourth-order valence-corrected chi connectivity index (χ4v) is 2.39. The van der Waals surface area contributed by atoms with Crippen molar-refractivity contribution >= 4 is 5.91 Å². The molecule has 0 spiro atoms. The molecule has 1 amide bonds. The summed E-state index contributed by atoms with van der Waals surface area (Å²) in [6.07, 6.45) is 1.26. The summed E-state index contributed by atoms with van der Waals surface area (Å²) in [6, 6.07) is 4.72. The van der Waals surface area contributed by atoms with Crippen LogP contribution in [-0.4, -0.2) is 28.6 Å². The average Bonchev–Trinajstić information content (AvgIpc) is 2.28. The minimum atomic E-state index is -0.270. The number of hydrogen-bond donors (Lipinski definition) is 1. The third-order valence-electron chi connectivity index (χ3n) is 3.27. The molecule has 0 fully saturated rings. The van der Waals surface area contributed by atoms with E-state index >= 15 is 0 Å². The van der Waals surface area contributed by atoms with Crippen LogP contribution in [0.2, 0.25) is 0 Å². The standard InChI is InChI=1S/C13H16FNO2/c1-9(17)15-8-11-6-12(14)3-2-10(11)7-13(15)4-5-16/h2-3,6,13,16H,4-5,7-8H2,1H3/t13-/m1/s1. The molecule has 17 heavy (non-hydrogen) atoms. The monoisotopic (exact) mass is 237 g/mol. The molecule has 3 nitrogen and oxygen atoms in total. The van der Waals surface area contributed by atoms with Crippen molar-refractivity contribution in [1.82, 2.24) is 4.90 Å². The molecule has 0 bridgehead atoms. The summed E-state index contributed by atoms with van der Waals surface area (Å²) in [6.45, 7) is 2.01. The van der Waals surface area contributed by atoms with E-state index in [1.165, 1.54) is 19.1 Å². The predicted octanol–water partition coefficient (Wildman–Crippen LogP) is 1.48. The number of carbonyl (C=O) groups excluding carboxylic acids is 1. The number of fused-ring (bicyclic) bond motifs is 1. The lowest BCUT2D eigenvalue weighted by atomic mass is 9.92. The minimum absolute atomic E-state index is 0.0236. The van der Waals surface area contributed by atoms with Gasteiger partial charge in [-0.05, 0) is 36.1 Å². The highest BCUT2D eigenvalue weighted by molar-refractivity contribution is 5.74. The first kappa shape index (κ1) is 12.0. The minimum Gasteiger partial charge on any atom is -0.396 e. The third kappa shape index (κ3) is 2.47. The normalized spacial score (nSPS) is 19.0. The van der Waals surface area contributed by atoms with Crippen LogP contribution in [0, 0.1) is 5.82 Å². The van der Waals surface area contributed by atoms with E-state index in [4.69, 9.17) is 5.11 Å². The Morgan fingerprint density at radius 2 is 2.29 bits per heavy atom. The van der Waals surface area contributed by atoms with Gasteiger partial charge in [-0.3, -0.25) is 4.79 Å². The van der Waals surface area contributed by atoms with Gasteiger partial charge >= 0.3 is 0 Å². The number of nitrogens with zero attached hydrogens (tertiary/aromatic N) is 1. The van der Waals surface area contributed by atoms with Crippen LogP contribution in [-0.2, 0) is 17.8 Å². The van der Waals surface area contributed by atoms with Crippen molar-refractivity contribution in [2.75, 3.05) is 6.61 Å². The first-order chi connectivity index (χ1) is 8.11. The SMILES string of the molecule is CC(=O)N1Cc2cc(F)ccc2C[C@H]1CCO. The van der Waals surface area contributed by atoms with Gasteiger partial charge in [-0.25, -0.2) is 4.39 Å². The molecule has 1 aliphatic rings. The zero-order valence-corrected chi connectivity index (χ0v) is 9.82. The highest BCUT2D eigenvalue weighted by atomic mass is 19.1. The Kier molecular flexibility index (Phi) is 3.43. The van der Waals surface area contributed by atoms with Crippen molar-refractivity contribution in [3.05, 3.63) is 35.1 Å². The van der Waals surface area contributed by atoms with Crippen LogP contribution in [0.3, 0.4) is 0 Å². The largest absolute Gasteiger partial charge is 0.396 e. The number of aliphatic hydroxyl groups is 1. The number of benzene rings is 1. The Bertz CT molecular complexity index is 433. The van der Waals surface area contributed by atoms with E-state index in [-0.39, 0.29) is 24.4 Å². The summed E-state index contributed by atoms with van der Waals surface area (Å²) in [7, 11) is 0. The van der Waals surface area contributed by atoms with Crippen molar-refractivity contribution in [3.8, 4) is 0 Å². The Labute approximate surface area is 99.9 Å². The maximum absolute atomic E-state index is 13.1. The van der Waals surface area contributed by atoms with Crippen LogP contribution < -0.4 is 0 Å². The van der Waals surface area contributed by atoms with Gasteiger partial charge in [-0.2, -0.15) is 0 Å². The molecule has 2 rings (SSSR count). The fraction of sp³-hybridized carbons (Fsp3) is 0.462. The highest BCUT2D eigenvalue weighted by Gasteiger charge is 2.27. The number of amides is 1. The van der Waals surface area contributed by atoms with Gasteiger partial charge in [-0.1, -0.05) is 6.07 Å². The van der Waals surface area contributed by atoms with E-state index in [2.05, 4.69) is 0 Å². The van der Waals surface area contributed by atoms with Gasteiger partial charge in [0, 0.05) is 26.1 Å². The molecule has 0 aliphatic carbocycles. The smallest absolute Gasteiger partial charge is 0.220 e. The molecule has 1 aromatic rings. The molecular weight excluding hydrogens is 221 g/mol. The second-order valence-electron chi connectivity index (χ2n) is 4.43. The van der Waals surface area contributed by atoms with Gasteiger partial charge in [0.1, 0.15) is 5.82 Å². The zero-order chi connectivity index (χ0) is 12.4. The number of hydrogen-bond acceptors (Lipinski definition) is 2. The summed E-state index contributed by atoms with van der Waals surface area (Å²) in [4.78, 5) is 13.2. The molecule has 0 unspecified atom stereocenters. The summed E-state index contributed by atoms with van der Waals surface area (Å²) in [5.41, 5.74) is 1.94. The van der Waals surface area contributed by atoms with Crippen molar-refractivity contribution in [3.63, 3.8) is 0 Å². The lowest BCUT2D eigenvalue weighted by molar-refractivity contribution is -0.132. The first-order valence-electron chi connectivity index (χ1n) is 5.77. The number of carbonyl (C=O) groups is 1. The molecule has 92 valence electrons. The third-order valence-corrected chi connectivity index (χ3v) is 3.27. The van der Waals surface area contributed by atoms with Crippen molar-refractivity contribution < 1.29 is 14.3 Å². The Balaban J connectivity index is 2.29. The molecule has 0 aromatic heterocycles. The summed E-state index contributed by atoms with van der Waals surface area (Å²) >= 11 is 0. The lowest BCUT2D eigenvalue weighted by Crippen LogP contribution is -2.43. The van der Waals surface area contributed by atoms with E-state index in [1.807, 2.05) is 0 Å². The molecule has 0 saturated heterocycles. The topological polar surface area (TPSA) is 40.5 Å². The van der Waals surface area contributed by atoms with E-state index in [1.54, 1.807) is 11.0 Å². The number of aliphatic hydroxyl groups excluding tert-OH is 1. The predicted molar refractivity (Wildman–Crippen MR) is 61.8 cm³/mol. The zero-order valence-electron chi connectivity index (χ0n) is 9.82. The number of rotatable bonds is 2. The van der Waals surface area contributed by atoms with Crippen molar-refractivity contribution in [2.24, 2.45) is 0 Å². The summed E-state index contributed by atoms with van der Waals surface area (Å²) in [5, 5.41) is 9.01. The van der Waals surface area contributed by atoms with E-state index in [0.717, 1.165) is 11.1 Å². The Hall–Kier alpha value is -1.42. The molecule has 1 atom stereocenters. The van der Waals surface area contributed by atoms with Crippen molar-refractivity contribution in [2.45, 2.75) is 32.4 Å². The molecule has 1 aliphatic heterocycles. The van der Waals surface area contributed by atoms with Gasteiger partial charge < -0.3 is 10.0 Å². The molecule has 0 saturated carbocycles. The van der Waals surface area contributed by atoms with Crippen molar-refractivity contribution in [1.29, 1.82) is 0 Å². The van der Waals surface area contributed by atoms with Crippen LogP contribution in [0.5, 0.6) is 0 Å². The lowest BCUT2D eigenvalue weighted by Gasteiger charge is -2.36. The second-order valence-corrected chi connectivity index (χ2v) is 4.43. The van der Waals surface area contributed by atoms with Crippen LogP contribution >= 0.6 is 0 Å². The van der Waals surface area contributed by atoms with Crippen LogP contribution in [0.15, 0.2) is 18.2 Å². The van der Waals surface area contributed by atoms with Crippen LogP contribution in [0.25, 0.3) is 0 Å². The molecule has 4 heteroatoms. The Morgan fingerprint density at radius 1 is 1.53 bits per heavy atom. The fourth-order valence-electron chi connectivity index (χ4n) is 2.39. The average molecular weight is 237 g/mol. The van der Waals surface area contributed by atoms with Crippen LogP contribution in [0.4, 0.5) is 4.39 Å². The Morgan fingerprint density at radius 3 is 2.94 bits per heavy atom. The van der Waals surface area contributed by atoms with Gasteiger partial charge in [0.15, 0.2) is 0 Å². The summed E-state index contributed by atoms with van der Waals surface area (Å²) in [5.74, 6) is -0.300. The quantitative estimate of drug-likeness (QED) is 0.846.